The molecule has 0 aliphatic rings. The van der Waals surface area contributed by atoms with Gasteiger partial charge in [0.1, 0.15) is 0 Å². The first-order valence-electron chi connectivity index (χ1n) is 3.35. The molecule has 0 aliphatic carbocycles. The average Bonchev–Trinajstić information content (AvgIpc) is 1.98. The molecule has 0 aliphatic heterocycles. The van der Waals surface area contributed by atoms with Crippen LogP contribution in [0.2, 0.25) is 0 Å². The van der Waals surface area contributed by atoms with Crippen LogP contribution in [0, 0.1) is 5.82 Å². The van der Waals surface area contributed by atoms with Crippen LogP contribution in [0.5, 0.6) is 5.75 Å². The molecule has 0 fully saturated rings. The van der Waals surface area contributed by atoms with E-state index in [1.54, 1.807) is 17.8 Å². The molecule has 1 aromatic rings. The lowest BCUT2D eigenvalue weighted by atomic mass is 10.3. The van der Waals surface area contributed by atoms with Crippen LogP contribution < -0.4 is 0 Å². The molecule has 0 spiro atoms. The third-order valence-corrected chi connectivity index (χ3v) is 2.10. The highest BCUT2D eigenvalue weighted by Gasteiger charge is 1.99. The van der Waals surface area contributed by atoms with E-state index < -0.39 is 5.82 Å². The smallest absolute Gasteiger partial charge is 0.164 e. The fourth-order valence-corrected chi connectivity index (χ4v) is 1.44. The summed E-state index contributed by atoms with van der Waals surface area (Å²) in [6.07, 6.45) is 0. The van der Waals surface area contributed by atoms with E-state index in [2.05, 4.69) is 0 Å². The lowest BCUT2D eigenvalue weighted by Gasteiger charge is -1.99. The van der Waals surface area contributed by atoms with E-state index in [1.165, 1.54) is 12.1 Å². The number of benzene rings is 1. The number of thioether (sulfide) groups is 1. The van der Waals surface area contributed by atoms with Crippen molar-refractivity contribution in [1.29, 1.82) is 0 Å². The maximum atomic E-state index is 12.5. The monoisotopic (exact) mass is 172 g/mol. The van der Waals surface area contributed by atoms with E-state index in [0.29, 0.717) is 0 Å². The first kappa shape index (κ1) is 8.40. The van der Waals surface area contributed by atoms with E-state index in [9.17, 15) is 4.39 Å². The molecule has 0 saturated carbocycles. The predicted octanol–water partition coefficient (Wildman–Crippen LogP) is 2.64. The van der Waals surface area contributed by atoms with Gasteiger partial charge in [-0.2, -0.15) is 0 Å². The molecule has 0 heterocycles. The Labute approximate surface area is 69.2 Å². The van der Waals surface area contributed by atoms with Crippen molar-refractivity contribution in [2.24, 2.45) is 0 Å². The largest absolute Gasteiger partial charge is 0.505 e. The summed E-state index contributed by atoms with van der Waals surface area (Å²) in [6.45, 7) is 2.01. The molecule has 0 atom stereocenters. The maximum Gasteiger partial charge on any atom is 0.164 e. The standard InChI is InChI=1S/C8H9FOS/c1-2-11-6-3-4-7(9)8(10)5-6/h3-5,10H,2H2,1H3. The number of phenolic OH excluding ortho intramolecular Hbond substituents is 1. The Kier molecular flexibility index (Phi) is 2.76. The molecule has 1 N–H and O–H groups in total. The van der Waals surface area contributed by atoms with Gasteiger partial charge in [-0.15, -0.1) is 11.8 Å². The number of aromatic hydroxyl groups is 1. The van der Waals surface area contributed by atoms with Crippen LogP contribution in [0.25, 0.3) is 0 Å². The normalized spacial score (nSPS) is 10.0. The highest BCUT2D eigenvalue weighted by molar-refractivity contribution is 7.99. The molecule has 0 unspecified atom stereocenters. The third-order valence-electron chi connectivity index (χ3n) is 1.23. The van der Waals surface area contributed by atoms with E-state index in [4.69, 9.17) is 5.11 Å². The predicted molar refractivity (Wildman–Crippen MR) is 44.5 cm³/mol. The lowest BCUT2D eigenvalue weighted by molar-refractivity contribution is 0.431. The Bertz CT molecular complexity index is 250. The minimum Gasteiger partial charge on any atom is -0.505 e. The van der Waals surface area contributed by atoms with Gasteiger partial charge in [0.15, 0.2) is 11.6 Å². The molecule has 3 heteroatoms. The second-order valence-corrected chi connectivity index (χ2v) is 3.38. The number of hydrogen-bond acceptors (Lipinski definition) is 2. The van der Waals surface area contributed by atoms with Crippen molar-refractivity contribution in [2.75, 3.05) is 5.75 Å². The van der Waals surface area contributed by atoms with Gasteiger partial charge in [-0.25, -0.2) is 4.39 Å². The van der Waals surface area contributed by atoms with Gasteiger partial charge in [-0.3, -0.25) is 0 Å². The molecule has 60 valence electrons. The Balaban J connectivity index is 2.86. The Morgan fingerprint density at radius 3 is 2.82 bits per heavy atom. The fourth-order valence-electron chi connectivity index (χ4n) is 0.749. The zero-order valence-corrected chi connectivity index (χ0v) is 6.99. The van der Waals surface area contributed by atoms with E-state index in [-0.39, 0.29) is 5.75 Å². The summed E-state index contributed by atoms with van der Waals surface area (Å²) >= 11 is 1.57. The van der Waals surface area contributed by atoms with E-state index >= 15 is 0 Å². The van der Waals surface area contributed by atoms with Crippen LogP contribution in [0.4, 0.5) is 4.39 Å². The number of hydrogen-bond donors (Lipinski definition) is 1. The summed E-state index contributed by atoms with van der Waals surface area (Å²) in [6, 6.07) is 4.36. The minimum atomic E-state index is -0.564. The van der Waals surface area contributed by atoms with Crippen LogP contribution in [-0.2, 0) is 0 Å². The summed E-state index contributed by atoms with van der Waals surface area (Å²) in [5, 5.41) is 8.94. The van der Waals surface area contributed by atoms with Gasteiger partial charge in [0.25, 0.3) is 0 Å². The van der Waals surface area contributed by atoms with Gasteiger partial charge in [-0.1, -0.05) is 6.92 Å². The highest BCUT2D eigenvalue weighted by Crippen LogP contribution is 2.24. The van der Waals surface area contributed by atoms with Crippen molar-refractivity contribution in [2.45, 2.75) is 11.8 Å². The first-order chi connectivity index (χ1) is 5.24. The molecule has 0 bridgehead atoms. The van der Waals surface area contributed by atoms with Gasteiger partial charge in [0.05, 0.1) is 0 Å². The number of halogens is 1. The molecule has 0 saturated heterocycles. The Morgan fingerprint density at radius 2 is 2.27 bits per heavy atom. The summed E-state index contributed by atoms with van der Waals surface area (Å²) in [5.74, 6) is 0.0827. The van der Waals surface area contributed by atoms with Gasteiger partial charge >= 0.3 is 0 Å². The van der Waals surface area contributed by atoms with Gasteiger partial charge < -0.3 is 5.11 Å². The maximum absolute atomic E-state index is 12.5. The van der Waals surface area contributed by atoms with Crippen molar-refractivity contribution in [3.05, 3.63) is 24.0 Å². The Hall–Kier alpha value is -0.700. The summed E-state index contributed by atoms with van der Waals surface area (Å²) < 4.78 is 12.5. The number of phenols is 1. The highest BCUT2D eigenvalue weighted by atomic mass is 32.2. The average molecular weight is 172 g/mol. The van der Waals surface area contributed by atoms with Crippen molar-refractivity contribution in [3.63, 3.8) is 0 Å². The molecule has 1 nitrogen and oxygen atoms in total. The van der Waals surface area contributed by atoms with Crippen LogP contribution in [0.15, 0.2) is 23.1 Å². The van der Waals surface area contributed by atoms with Crippen LogP contribution in [0.3, 0.4) is 0 Å². The molecule has 0 amide bonds. The summed E-state index contributed by atoms with van der Waals surface area (Å²) in [7, 11) is 0. The Morgan fingerprint density at radius 1 is 1.55 bits per heavy atom. The summed E-state index contributed by atoms with van der Waals surface area (Å²) in [5.41, 5.74) is 0. The van der Waals surface area contributed by atoms with Crippen molar-refractivity contribution in [1.82, 2.24) is 0 Å². The molecule has 11 heavy (non-hydrogen) atoms. The quantitative estimate of drug-likeness (QED) is 0.692. The summed E-state index contributed by atoms with van der Waals surface area (Å²) in [4.78, 5) is 0.895. The van der Waals surface area contributed by atoms with Crippen molar-refractivity contribution >= 4 is 11.8 Å². The molecule has 1 aromatic carbocycles. The second-order valence-electron chi connectivity index (χ2n) is 2.05. The van der Waals surface area contributed by atoms with Crippen molar-refractivity contribution < 1.29 is 9.50 Å². The second kappa shape index (κ2) is 3.62. The molecular weight excluding hydrogens is 163 g/mol. The zero-order valence-electron chi connectivity index (χ0n) is 6.17. The van der Waals surface area contributed by atoms with Gasteiger partial charge in [0, 0.05) is 4.90 Å². The van der Waals surface area contributed by atoms with E-state index in [0.717, 1.165) is 10.6 Å². The molecule has 0 aromatic heterocycles. The van der Waals surface area contributed by atoms with Crippen LogP contribution in [0.1, 0.15) is 6.92 Å². The molecular formula is C8H9FOS. The van der Waals surface area contributed by atoms with Crippen molar-refractivity contribution in [3.8, 4) is 5.75 Å². The third kappa shape index (κ3) is 2.12. The molecule has 0 radical (unpaired) electrons. The zero-order chi connectivity index (χ0) is 8.27. The SMILES string of the molecule is CCSc1ccc(F)c(O)c1. The molecule has 1 rings (SSSR count). The minimum absolute atomic E-state index is 0.275. The number of rotatable bonds is 2. The van der Waals surface area contributed by atoms with Gasteiger partial charge in [-0.05, 0) is 24.0 Å². The van der Waals surface area contributed by atoms with Crippen LogP contribution in [-0.4, -0.2) is 10.9 Å². The first-order valence-corrected chi connectivity index (χ1v) is 4.34. The van der Waals surface area contributed by atoms with Crippen LogP contribution >= 0.6 is 11.8 Å². The topological polar surface area (TPSA) is 20.2 Å². The van der Waals surface area contributed by atoms with Gasteiger partial charge in [0.2, 0.25) is 0 Å². The van der Waals surface area contributed by atoms with E-state index in [1.807, 2.05) is 6.92 Å². The lowest BCUT2D eigenvalue weighted by Crippen LogP contribution is -1.77. The fraction of sp³-hybridized carbons (Fsp3) is 0.250.